The highest BCUT2D eigenvalue weighted by atomic mass is 32.2. The maximum Gasteiger partial charge on any atom is 0.269 e. The van der Waals surface area contributed by atoms with E-state index in [2.05, 4.69) is 24.4 Å². The Bertz CT molecular complexity index is 673. The van der Waals surface area contributed by atoms with Crippen LogP contribution in [0.15, 0.2) is 54.6 Å². The second-order valence-corrected chi connectivity index (χ2v) is 6.52. The summed E-state index contributed by atoms with van der Waals surface area (Å²) in [6, 6.07) is 16.8. The number of nitrogens with two attached hydrogens (primary N) is 1. The molecule has 0 amide bonds. The van der Waals surface area contributed by atoms with Gasteiger partial charge in [0.1, 0.15) is 5.75 Å². The molecule has 2 aromatic rings. The topological polar surface area (TPSA) is 92.4 Å². The molecule has 0 atom stereocenters. The van der Waals surface area contributed by atoms with Gasteiger partial charge in [-0.15, -0.1) is 0 Å². The van der Waals surface area contributed by atoms with Crippen LogP contribution in [-0.2, 0) is 15.9 Å². The maximum atomic E-state index is 10.5. The molecular weight excluding hydrogens is 312 g/mol. The number of nitrogen functional groups attached to an aromatic ring is 1. The molecule has 0 heterocycles. The molecule has 5 nitrogen and oxygen atoms in total. The van der Waals surface area contributed by atoms with E-state index in [0.29, 0.717) is 11.3 Å². The van der Waals surface area contributed by atoms with Crippen LogP contribution in [0.1, 0.15) is 25.3 Å². The lowest BCUT2D eigenvalue weighted by Crippen LogP contribution is -2.04. The predicted octanol–water partition coefficient (Wildman–Crippen LogP) is 3.56. The molecule has 0 spiro atoms. The Balaban J connectivity index is 0.000000231. The van der Waals surface area contributed by atoms with Crippen LogP contribution in [0.5, 0.6) is 0 Å². The fourth-order valence-electron chi connectivity index (χ4n) is 1.83. The Hall–Kier alpha value is -2.05. The second kappa shape index (κ2) is 9.86. The molecule has 23 heavy (non-hydrogen) atoms. The third-order valence-corrected chi connectivity index (χ3v) is 3.70. The van der Waals surface area contributed by atoms with E-state index in [1.165, 1.54) is 18.5 Å². The Morgan fingerprint density at radius 1 is 1.04 bits per heavy atom. The smallest absolute Gasteiger partial charge is 0.269 e. The van der Waals surface area contributed by atoms with Gasteiger partial charge < -0.3 is 11.1 Å². The van der Waals surface area contributed by atoms with Gasteiger partial charge in [0.25, 0.3) is 10.1 Å². The van der Waals surface area contributed by atoms with E-state index in [0.717, 1.165) is 6.54 Å². The molecule has 2 aromatic carbocycles. The van der Waals surface area contributed by atoms with Gasteiger partial charge in [-0.25, -0.2) is 0 Å². The van der Waals surface area contributed by atoms with Crippen molar-refractivity contribution in [3.8, 4) is 0 Å². The summed E-state index contributed by atoms with van der Waals surface area (Å²) in [6.07, 6.45) is 2.49. The van der Waals surface area contributed by atoms with Crippen LogP contribution in [0.4, 0.5) is 11.4 Å². The molecule has 6 heteroatoms. The number of hydrogen-bond acceptors (Lipinski definition) is 4. The maximum absolute atomic E-state index is 10.5. The van der Waals surface area contributed by atoms with Gasteiger partial charge >= 0.3 is 0 Å². The second-order valence-electron chi connectivity index (χ2n) is 5.07. The van der Waals surface area contributed by atoms with Crippen LogP contribution < -0.4 is 11.1 Å². The van der Waals surface area contributed by atoms with Crippen LogP contribution in [0.3, 0.4) is 0 Å². The van der Waals surface area contributed by atoms with Gasteiger partial charge in [-0.3, -0.25) is 4.55 Å². The van der Waals surface area contributed by atoms with E-state index in [9.17, 15) is 8.42 Å². The van der Waals surface area contributed by atoms with Crippen molar-refractivity contribution >= 4 is 21.5 Å². The Morgan fingerprint density at radius 3 is 2.22 bits per heavy atom. The van der Waals surface area contributed by atoms with Gasteiger partial charge in [-0.05, 0) is 30.2 Å². The molecule has 0 aliphatic carbocycles. The van der Waals surface area contributed by atoms with E-state index in [1.54, 1.807) is 24.3 Å². The molecule has 0 saturated heterocycles. The first kappa shape index (κ1) is 19.0. The van der Waals surface area contributed by atoms with Crippen LogP contribution in [0.25, 0.3) is 0 Å². The summed E-state index contributed by atoms with van der Waals surface area (Å²) < 4.78 is 29.4. The number of para-hydroxylation sites is 2. The molecule has 0 aliphatic rings. The zero-order valence-corrected chi connectivity index (χ0v) is 14.1. The molecule has 0 radical (unpaired) electrons. The summed E-state index contributed by atoms with van der Waals surface area (Å²) in [5.74, 6) is -0.431. The van der Waals surface area contributed by atoms with E-state index in [1.807, 2.05) is 18.2 Å². The molecule has 0 fully saturated rings. The molecule has 0 unspecified atom stereocenters. The van der Waals surface area contributed by atoms with Crippen molar-refractivity contribution < 1.29 is 13.0 Å². The fourth-order valence-corrected chi connectivity index (χ4v) is 2.48. The van der Waals surface area contributed by atoms with Crippen LogP contribution in [0, 0.1) is 0 Å². The van der Waals surface area contributed by atoms with Crippen LogP contribution in [-0.4, -0.2) is 19.5 Å². The van der Waals surface area contributed by atoms with Crippen LogP contribution in [0.2, 0.25) is 0 Å². The van der Waals surface area contributed by atoms with Gasteiger partial charge in [0.15, 0.2) is 0 Å². The van der Waals surface area contributed by atoms with Crippen molar-refractivity contribution in [3.05, 3.63) is 60.2 Å². The molecule has 0 saturated carbocycles. The summed E-state index contributed by atoms with van der Waals surface area (Å²) in [4.78, 5) is 0. The van der Waals surface area contributed by atoms with Crippen molar-refractivity contribution in [2.24, 2.45) is 0 Å². The molecular formula is C17H24N2O3S. The van der Waals surface area contributed by atoms with Gasteiger partial charge in [0.2, 0.25) is 0 Å². The lowest BCUT2D eigenvalue weighted by molar-refractivity contribution is 0.482. The third-order valence-electron chi connectivity index (χ3n) is 3.03. The summed E-state index contributed by atoms with van der Waals surface area (Å²) >= 11 is 0. The van der Waals surface area contributed by atoms with E-state index >= 15 is 0 Å². The summed E-state index contributed by atoms with van der Waals surface area (Å²) in [7, 11) is -3.98. The van der Waals surface area contributed by atoms with E-state index in [4.69, 9.17) is 10.3 Å². The standard InChI is InChI=1S/C10H15N.C7H9NO3S/c1-2-3-9-11-10-7-5-4-6-8-10;8-7-4-2-1-3-6(7)5-12(9,10)11/h4-8,11H,2-3,9H2,1H3;1-4H,5,8H2,(H,9,10,11). The highest BCUT2D eigenvalue weighted by Gasteiger charge is 2.07. The number of nitrogens with one attached hydrogen (secondary N) is 1. The third kappa shape index (κ3) is 8.85. The lowest BCUT2D eigenvalue weighted by Gasteiger charge is -2.03. The zero-order valence-electron chi connectivity index (χ0n) is 13.3. The minimum atomic E-state index is -3.98. The Labute approximate surface area is 138 Å². The normalized spacial score (nSPS) is 10.5. The minimum absolute atomic E-state index is 0.370. The first-order valence-corrected chi connectivity index (χ1v) is 9.10. The monoisotopic (exact) mass is 336 g/mol. The zero-order chi connectivity index (χ0) is 17.1. The van der Waals surface area contributed by atoms with Crippen molar-refractivity contribution in [2.45, 2.75) is 25.5 Å². The number of anilines is 2. The molecule has 0 aliphatic heterocycles. The number of hydrogen-bond donors (Lipinski definition) is 3. The highest BCUT2D eigenvalue weighted by molar-refractivity contribution is 7.85. The molecule has 2 rings (SSSR count). The predicted molar refractivity (Wildman–Crippen MR) is 95.9 cm³/mol. The van der Waals surface area contributed by atoms with Crippen molar-refractivity contribution in [2.75, 3.05) is 17.6 Å². The minimum Gasteiger partial charge on any atom is -0.398 e. The molecule has 0 aromatic heterocycles. The quantitative estimate of drug-likeness (QED) is 0.426. The number of benzene rings is 2. The lowest BCUT2D eigenvalue weighted by atomic mass is 10.2. The van der Waals surface area contributed by atoms with E-state index < -0.39 is 15.9 Å². The average Bonchev–Trinajstić information content (AvgIpc) is 2.50. The number of unbranched alkanes of at least 4 members (excludes halogenated alkanes) is 1. The number of rotatable bonds is 6. The average molecular weight is 336 g/mol. The molecule has 0 bridgehead atoms. The molecule has 4 N–H and O–H groups in total. The fraction of sp³-hybridized carbons (Fsp3) is 0.294. The van der Waals surface area contributed by atoms with Gasteiger partial charge in [0, 0.05) is 17.9 Å². The molecule has 126 valence electrons. The summed E-state index contributed by atoms with van der Waals surface area (Å²) in [5, 5.41) is 3.35. The summed E-state index contributed by atoms with van der Waals surface area (Å²) in [5.41, 5.74) is 7.46. The van der Waals surface area contributed by atoms with Gasteiger partial charge in [-0.1, -0.05) is 49.7 Å². The largest absolute Gasteiger partial charge is 0.398 e. The van der Waals surface area contributed by atoms with Gasteiger partial charge in [-0.2, -0.15) is 8.42 Å². The highest BCUT2D eigenvalue weighted by Crippen LogP contribution is 2.12. The first-order chi connectivity index (χ1) is 10.9. The van der Waals surface area contributed by atoms with Crippen molar-refractivity contribution in [1.29, 1.82) is 0 Å². The van der Waals surface area contributed by atoms with Crippen molar-refractivity contribution in [1.82, 2.24) is 0 Å². The van der Waals surface area contributed by atoms with Crippen molar-refractivity contribution in [3.63, 3.8) is 0 Å². The van der Waals surface area contributed by atoms with Gasteiger partial charge in [0.05, 0.1) is 0 Å². The Morgan fingerprint density at radius 2 is 1.65 bits per heavy atom. The first-order valence-electron chi connectivity index (χ1n) is 7.50. The SMILES string of the molecule is CCCCNc1ccccc1.Nc1ccccc1CS(=O)(=O)O. The summed E-state index contributed by atoms with van der Waals surface area (Å²) in [6.45, 7) is 3.28. The van der Waals surface area contributed by atoms with Crippen LogP contribution >= 0.6 is 0 Å². The van der Waals surface area contributed by atoms with E-state index in [-0.39, 0.29) is 0 Å². The Kier molecular flexibility index (Phi) is 8.15.